The molecule has 0 aromatic carbocycles. The SMILES string of the molecule is CCc1c(CCN(C)C)n[nH]c1CCC(C)N. The number of hydrogen-bond acceptors (Lipinski definition) is 3. The van der Waals surface area contributed by atoms with Crippen LogP contribution in [-0.4, -0.2) is 41.8 Å². The first-order valence-corrected chi connectivity index (χ1v) is 6.49. The molecule has 98 valence electrons. The summed E-state index contributed by atoms with van der Waals surface area (Å²) in [6.07, 6.45) is 4.09. The third-order valence-electron chi connectivity index (χ3n) is 3.04. The van der Waals surface area contributed by atoms with E-state index in [4.69, 9.17) is 5.73 Å². The number of aromatic amines is 1. The highest BCUT2D eigenvalue weighted by Crippen LogP contribution is 2.15. The Kier molecular flexibility index (Phi) is 5.65. The first-order chi connectivity index (χ1) is 8.04. The smallest absolute Gasteiger partial charge is 0.0669 e. The lowest BCUT2D eigenvalue weighted by molar-refractivity contribution is 0.411. The Bertz CT molecular complexity index is 299. The zero-order valence-corrected chi connectivity index (χ0v) is 11.6. The molecule has 0 spiro atoms. The summed E-state index contributed by atoms with van der Waals surface area (Å²) in [4.78, 5) is 2.19. The van der Waals surface area contributed by atoms with Crippen molar-refractivity contribution in [3.63, 3.8) is 0 Å². The Morgan fingerprint density at radius 1 is 1.35 bits per heavy atom. The van der Waals surface area contributed by atoms with Crippen LogP contribution in [0, 0.1) is 0 Å². The van der Waals surface area contributed by atoms with Gasteiger partial charge >= 0.3 is 0 Å². The quantitative estimate of drug-likeness (QED) is 0.754. The van der Waals surface area contributed by atoms with Gasteiger partial charge in [-0.3, -0.25) is 5.10 Å². The molecule has 1 aromatic heterocycles. The molecular formula is C13H26N4. The maximum absolute atomic E-state index is 5.80. The van der Waals surface area contributed by atoms with Gasteiger partial charge in [-0.1, -0.05) is 6.92 Å². The van der Waals surface area contributed by atoms with Crippen LogP contribution in [0.2, 0.25) is 0 Å². The standard InChI is InChI=1S/C13H26N4/c1-5-11-12(7-6-10(2)14)15-16-13(11)8-9-17(3)4/h10H,5-9,14H2,1-4H3,(H,15,16). The molecule has 0 radical (unpaired) electrons. The molecule has 0 saturated carbocycles. The third-order valence-corrected chi connectivity index (χ3v) is 3.04. The van der Waals surface area contributed by atoms with E-state index in [1.165, 1.54) is 17.0 Å². The predicted octanol–water partition coefficient (Wildman–Crippen LogP) is 1.36. The Labute approximate surface area is 105 Å². The van der Waals surface area contributed by atoms with Crippen molar-refractivity contribution >= 4 is 0 Å². The number of aryl methyl sites for hydroxylation is 1. The summed E-state index contributed by atoms with van der Waals surface area (Å²) in [6, 6.07) is 0.258. The number of nitrogens with zero attached hydrogens (tertiary/aromatic N) is 2. The van der Waals surface area contributed by atoms with E-state index < -0.39 is 0 Å². The van der Waals surface area contributed by atoms with Crippen molar-refractivity contribution < 1.29 is 0 Å². The lowest BCUT2D eigenvalue weighted by atomic mass is 10.0. The molecule has 0 aliphatic heterocycles. The molecule has 1 unspecified atom stereocenters. The summed E-state index contributed by atoms with van der Waals surface area (Å²) in [6.45, 7) is 5.29. The molecule has 0 fully saturated rings. The minimum atomic E-state index is 0.258. The second-order valence-corrected chi connectivity index (χ2v) is 5.05. The van der Waals surface area contributed by atoms with Gasteiger partial charge in [-0.25, -0.2) is 0 Å². The van der Waals surface area contributed by atoms with E-state index in [1.54, 1.807) is 0 Å². The fraction of sp³-hybridized carbons (Fsp3) is 0.769. The zero-order valence-electron chi connectivity index (χ0n) is 11.6. The Hall–Kier alpha value is -0.870. The van der Waals surface area contributed by atoms with Crippen molar-refractivity contribution in [1.82, 2.24) is 15.1 Å². The zero-order chi connectivity index (χ0) is 12.8. The molecule has 1 heterocycles. The van der Waals surface area contributed by atoms with E-state index in [1.807, 2.05) is 0 Å². The highest BCUT2D eigenvalue weighted by Gasteiger charge is 2.11. The molecule has 0 bridgehead atoms. The minimum absolute atomic E-state index is 0.258. The number of aromatic nitrogens is 2. The summed E-state index contributed by atoms with van der Waals surface area (Å²) < 4.78 is 0. The van der Waals surface area contributed by atoms with Gasteiger partial charge in [-0.05, 0) is 45.8 Å². The van der Waals surface area contributed by atoms with E-state index in [0.717, 1.165) is 32.2 Å². The van der Waals surface area contributed by atoms with Gasteiger partial charge in [0.2, 0.25) is 0 Å². The average molecular weight is 238 g/mol. The molecule has 0 aliphatic carbocycles. The summed E-state index contributed by atoms with van der Waals surface area (Å²) >= 11 is 0. The maximum atomic E-state index is 5.80. The van der Waals surface area contributed by atoms with Gasteiger partial charge in [-0.2, -0.15) is 5.10 Å². The van der Waals surface area contributed by atoms with Crippen LogP contribution in [0.1, 0.15) is 37.2 Å². The molecule has 1 atom stereocenters. The van der Waals surface area contributed by atoms with Crippen LogP contribution in [0.3, 0.4) is 0 Å². The van der Waals surface area contributed by atoms with Crippen molar-refractivity contribution in [3.8, 4) is 0 Å². The second kappa shape index (κ2) is 6.77. The van der Waals surface area contributed by atoms with Crippen LogP contribution in [0.4, 0.5) is 0 Å². The Morgan fingerprint density at radius 3 is 2.59 bits per heavy atom. The normalized spacial score (nSPS) is 13.3. The van der Waals surface area contributed by atoms with Gasteiger partial charge in [0.15, 0.2) is 0 Å². The first-order valence-electron chi connectivity index (χ1n) is 6.49. The predicted molar refractivity (Wildman–Crippen MR) is 72.2 cm³/mol. The Morgan fingerprint density at radius 2 is 2.06 bits per heavy atom. The molecule has 4 nitrogen and oxygen atoms in total. The number of nitrogens with one attached hydrogen (secondary N) is 1. The number of H-pyrrole nitrogens is 1. The van der Waals surface area contributed by atoms with Crippen LogP contribution in [0.25, 0.3) is 0 Å². The lowest BCUT2D eigenvalue weighted by Gasteiger charge is -2.09. The Balaban J connectivity index is 2.66. The highest BCUT2D eigenvalue weighted by molar-refractivity contribution is 5.26. The van der Waals surface area contributed by atoms with Gasteiger partial charge < -0.3 is 10.6 Å². The van der Waals surface area contributed by atoms with Gasteiger partial charge in [-0.15, -0.1) is 0 Å². The monoisotopic (exact) mass is 238 g/mol. The summed E-state index contributed by atoms with van der Waals surface area (Å²) in [5.41, 5.74) is 9.69. The van der Waals surface area contributed by atoms with Crippen LogP contribution >= 0.6 is 0 Å². The van der Waals surface area contributed by atoms with Crippen molar-refractivity contribution in [2.24, 2.45) is 5.73 Å². The summed E-state index contributed by atoms with van der Waals surface area (Å²) in [5, 5.41) is 7.62. The van der Waals surface area contributed by atoms with Crippen LogP contribution in [-0.2, 0) is 19.3 Å². The van der Waals surface area contributed by atoms with Crippen LogP contribution < -0.4 is 5.73 Å². The molecule has 17 heavy (non-hydrogen) atoms. The molecule has 0 aliphatic rings. The van der Waals surface area contributed by atoms with Gasteiger partial charge in [0.25, 0.3) is 0 Å². The van der Waals surface area contributed by atoms with E-state index in [-0.39, 0.29) is 6.04 Å². The number of hydrogen-bond donors (Lipinski definition) is 2. The van der Waals surface area contributed by atoms with Crippen LogP contribution in [0.5, 0.6) is 0 Å². The van der Waals surface area contributed by atoms with E-state index in [9.17, 15) is 0 Å². The average Bonchev–Trinajstić information content (AvgIpc) is 2.65. The van der Waals surface area contributed by atoms with Crippen molar-refractivity contribution in [2.45, 2.75) is 45.6 Å². The van der Waals surface area contributed by atoms with Crippen molar-refractivity contribution in [3.05, 3.63) is 17.0 Å². The number of nitrogens with two attached hydrogens (primary N) is 1. The number of rotatable bonds is 7. The molecular weight excluding hydrogens is 212 g/mol. The van der Waals surface area contributed by atoms with E-state index in [2.05, 4.69) is 43.0 Å². The molecule has 0 saturated heterocycles. The van der Waals surface area contributed by atoms with Crippen LogP contribution in [0.15, 0.2) is 0 Å². The minimum Gasteiger partial charge on any atom is -0.328 e. The molecule has 4 heteroatoms. The second-order valence-electron chi connectivity index (χ2n) is 5.05. The first kappa shape index (κ1) is 14.2. The van der Waals surface area contributed by atoms with Crippen molar-refractivity contribution in [2.75, 3.05) is 20.6 Å². The molecule has 0 amide bonds. The van der Waals surface area contributed by atoms with E-state index in [0.29, 0.717) is 0 Å². The lowest BCUT2D eigenvalue weighted by Crippen LogP contribution is -2.16. The van der Waals surface area contributed by atoms with Gasteiger partial charge in [0.05, 0.1) is 5.69 Å². The largest absolute Gasteiger partial charge is 0.328 e. The molecule has 1 rings (SSSR count). The fourth-order valence-corrected chi connectivity index (χ4v) is 1.98. The fourth-order valence-electron chi connectivity index (χ4n) is 1.98. The molecule has 1 aromatic rings. The molecule has 3 N–H and O–H groups in total. The highest BCUT2D eigenvalue weighted by atomic mass is 15.1. The topological polar surface area (TPSA) is 57.9 Å². The summed E-state index contributed by atoms with van der Waals surface area (Å²) in [5.74, 6) is 0. The third kappa shape index (κ3) is 4.48. The van der Waals surface area contributed by atoms with Gasteiger partial charge in [0, 0.05) is 24.7 Å². The summed E-state index contributed by atoms with van der Waals surface area (Å²) in [7, 11) is 4.19. The number of likely N-dealkylation sites (N-methyl/N-ethyl adjacent to an activating group) is 1. The van der Waals surface area contributed by atoms with Gasteiger partial charge in [0.1, 0.15) is 0 Å². The van der Waals surface area contributed by atoms with Crippen molar-refractivity contribution in [1.29, 1.82) is 0 Å². The van der Waals surface area contributed by atoms with E-state index >= 15 is 0 Å². The maximum Gasteiger partial charge on any atom is 0.0669 e.